The summed E-state index contributed by atoms with van der Waals surface area (Å²) >= 11 is 0. The fourth-order valence-electron chi connectivity index (χ4n) is 1.36. The molecule has 0 saturated carbocycles. The normalized spacial score (nSPS) is 11.0. The number of imidazole rings is 1. The van der Waals surface area contributed by atoms with Crippen LogP contribution in [0.4, 0.5) is 4.39 Å². The Morgan fingerprint density at radius 2 is 2.07 bits per heavy atom. The Kier molecular flexibility index (Phi) is 1.55. The van der Waals surface area contributed by atoms with Crippen molar-refractivity contribution in [3.63, 3.8) is 0 Å². The van der Waals surface area contributed by atoms with Crippen molar-refractivity contribution >= 4 is 11.3 Å². The molecule has 0 unspecified atom stereocenters. The van der Waals surface area contributed by atoms with Crippen molar-refractivity contribution in [2.75, 3.05) is 0 Å². The summed E-state index contributed by atoms with van der Waals surface area (Å²) in [5.74, 6) is -0.366. The van der Waals surface area contributed by atoms with Crippen molar-refractivity contribution in [2.24, 2.45) is 0 Å². The van der Waals surface area contributed by atoms with E-state index in [2.05, 4.69) is 20.2 Å². The summed E-state index contributed by atoms with van der Waals surface area (Å²) in [6, 6.07) is 6.31. The maximum atomic E-state index is 13.4. The summed E-state index contributed by atoms with van der Waals surface area (Å²) in [4.78, 5) is 7.95. The second-order valence-corrected chi connectivity index (χ2v) is 3.02. The number of nitrogens with zero attached hydrogens (tertiary/aromatic N) is 4. The lowest BCUT2D eigenvalue weighted by molar-refractivity contribution is 0.598. The van der Waals surface area contributed by atoms with Crippen molar-refractivity contribution in [3.8, 4) is 5.69 Å². The zero-order valence-corrected chi connectivity index (χ0v) is 7.55. The van der Waals surface area contributed by atoms with Gasteiger partial charge in [-0.15, -0.1) is 15.0 Å². The zero-order valence-electron chi connectivity index (χ0n) is 7.55. The minimum absolute atomic E-state index is 0.309. The first kappa shape index (κ1) is 8.10. The summed E-state index contributed by atoms with van der Waals surface area (Å²) in [7, 11) is 0. The van der Waals surface area contributed by atoms with Crippen LogP contribution in [0, 0.1) is 5.82 Å². The van der Waals surface area contributed by atoms with Crippen molar-refractivity contribution in [3.05, 3.63) is 36.4 Å². The third kappa shape index (κ3) is 1.18. The molecule has 0 fully saturated rings. The minimum Gasteiger partial charge on any atom is -0.326 e. The van der Waals surface area contributed by atoms with E-state index in [0.717, 1.165) is 0 Å². The molecule has 3 aromatic rings. The van der Waals surface area contributed by atoms with Crippen LogP contribution in [0.2, 0.25) is 0 Å². The highest BCUT2D eigenvalue weighted by atomic mass is 19.1. The predicted molar refractivity (Wildman–Crippen MR) is 51.0 cm³/mol. The Bertz CT molecular complexity index is 583. The third-order valence-electron chi connectivity index (χ3n) is 2.05. The summed E-state index contributed by atoms with van der Waals surface area (Å²) < 4.78 is 13.4. The molecule has 15 heavy (non-hydrogen) atoms. The van der Waals surface area contributed by atoms with E-state index in [4.69, 9.17) is 0 Å². The fourth-order valence-corrected chi connectivity index (χ4v) is 1.36. The number of aromatic amines is 1. The van der Waals surface area contributed by atoms with Gasteiger partial charge in [0.05, 0.1) is 6.33 Å². The average molecular weight is 203 g/mol. The molecule has 0 atom stereocenters. The van der Waals surface area contributed by atoms with Crippen LogP contribution in [-0.4, -0.2) is 25.0 Å². The molecule has 0 bridgehead atoms. The van der Waals surface area contributed by atoms with Crippen LogP contribution in [0.5, 0.6) is 0 Å². The highest BCUT2D eigenvalue weighted by Gasteiger charge is 2.09. The van der Waals surface area contributed by atoms with Gasteiger partial charge in [0.1, 0.15) is 5.69 Å². The smallest absolute Gasteiger partial charge is 0.220 e. The topological polar surface area (TPSA) is 59.4 Å². The van der Waals surface area contributed by atoms with Crippen LogP contribution in [0.1, 0.15) is 0 Å². The Labute approximate surface area is 83.6 Å². The number of benzene rings is 1. The molecule has 0 saturated heterocycles. The largest absolute Gasteiger partial charge is 0.326 e. The Balaban J connectivity index is 2.22. The molecule has 0 spiro atoms. The van der Waals surface area contributed by atoms with Gasteiger partial charge in [0.25, 0.3) is 0 Å². The number of rotatable bonds is 1. The van der Waals surface area contributed by atoms with Gasteiger partial charge in [-0.25, -0.2) is 9.37 Å². The number of hydrogen-bond acceptors (Lipinski definition) is 3. The number of halogens is 1. The van der Waals surface area contributed by atoms with Crippen molar-refractivity contribution in [1.82, 2.24) is 25.0 Å². The Hall–Kier alpha value is -2.24. The zero-order chi connectivity index (χ0) is 10.3. The predicted octanol–water partition coefficient (Wildman–Crippen LogP) is 1.28. The van der Waals surface area contributed by atoms with Gasteiger partial charge in [-0.3, -0.25) is 0 Å². The summed E-state index contributed by atoms with van der Waals surface area (Å²) in [6.45, 7) is 0. The summed E-state index contributed by atoms with van der Waals surface area (Å²) in [6.07, 6.45) is 1.50. The molecular weight excluding hydrogens is 197 g/mol. The van der Waals surface area contributed by atoms with E-state index in [1.807, 2.05) is 0 Å². The third-order valence-corrected chi connectivity index (χ3v) is 2.05. The van der Waals surface area contributed by atoms with Crippen molar-refractivity contribution in [2.45, 2.75) is 0 Å². The summed E-state index contributed by atoms with van der Waals surface area (Å²) in [5, 5.41) is 8.08. The van der Waals surface area contributed by atoms with E-state index in [0.29, 0.717) is 17.0 Å². The number of aromatic nitrogens is 5. The van der Waals surface area contributed by atoms with E-state index in [-0.39, 0.29) is 5.82 Å². The van der Waals surface area contributed by atoms with Gasteiger partial charge >= 0.3 is 0 Å². The van der Waals surface area contributed by atoms with Gasteiger partial charge in [0.15, 0.2) is 5.82 Å². The molecule has 2 aromatic heterocycles. The molecule has 0 aliphatic carbocycles. The van der Waals surface area contributed by atoms with Crippen LogP contribution < -0.4 is 0 Å². The van der Waals surface area contributed by atoms with Crippen LogP contribution in [0.15, 0.2) is 30.6 Å². The first-order valence-electron chi connectivity index (χ1n) is 4.36. The number of hydrogen-bond donors (Lipinski definition) is 1. The average Bonchev–Trinajstić information content (AvgIpc) is 2.77. The molecular formula is C9H6FN5. The van der Waals surface area contributed by atoms with E-state index in [1.54, 1.807) is 18.2 Å². The Morgan fingerprint density at radius 3 is 2.87 bits per heavy atom. The van der Waals surface area contributed by atoms with Crippen LogP contribution in [-0.2, 0) is 0 Å². The lowest BCUT2D eigenvalue weighted by atomic mass is 10.3. The molecule has 2 heterocycles. The van der Waals surface area contributed by atoms with E-state index >= 15 is 0 Å². The van der Waals surface area contributed by atoms with Gasteiger partial charge in [-0.2, -0.15) is 0 Å². The van der Waals surface area contributed by atoms with E-state index in [1.165, 1.54) is 17.2 Å². The molecule has 5 nitrogen and oxygen atoms in total. The number of H-pyrrole nitrogens is 1. The molecule has 74 valence electrons. The molecule has 0 radical (unpaired) electrons. The molecule has 3 rings (SSSR count). The highest BCUT2D eigenvalue weighted by Crippen LogP contribution is 2.12. The fraction of sp³-hybridized carbons (Fsp3) is 0. The second-order valence-electron chi connectivity index (χ2n) is 3.02. The molecule has 1 N–H and O–H groups in total. The molecule has 6 heteroatoms. The lowest BCUT2D eigenvalue weighted by Crippen LogP contribution is -2.01. The monoisotopic (exact) mass is 203 g/mol. The summed E-state index contributed by atoms with van der Waals surface area (Å²) in [5.41, 5.74) is 1.32. The molecule has 0 aliphatic rings. The van der Waals surface area contributed by atoms with Crippen LogP contribution in [0.3, 0.4) is 0 Å². The quantitative estimate of drug-likeness (QED) is 0.648. The number of nitrogens with one attached hydrogen (secondary N) is 1. The van der Waals surface area contributed by atoms with Crippen molar-refractivity contribution in [1.29, 1.82) is 0 Å². The highest BCUT2D eigenvalue weighted by molar-refractivity contribution is 5.63. The minimum atomic E-state index is -0.366. The first-order valence-corrected chi connectivity index (χ1v) is 4.36. The molecule has 0 amide bonds. The standard InChI is InChI=1S/C9H6FN5/c10-6-3-1-2-4-7(6)15-13-8-9(14-15)12-5-11-8/h1-5H,(H,11,12,13,14). The van der Waals surface area contributed by atoms with Gasteiger partial charge in [0.2, 0.25) is 11.3 Å². The van der Waals surface area contributed by atoms with E-state index in [9.17, 15) is 4.39 Å². The SMILES string of the molecule is Fc1ccccc1-n1nc2nc[nH]c2n1. The maximum Gasteiger partial charge on any atom is 0.220 e. The maximum absolute atomic E-state index is 13.4. The second kappa shape index (κ2) is 2.88. The number of fused-ring (bicyclic) bond motifs is 1. The Morgan fingerprint density at radius 1 is 1.20 bits per heavy atom. The first-order chi connectivity index (χ1) is 7.34. The molecule has 1 aromatic carbocycles. The lowest BCUT2D eigenvalue weighted by Gasteiger charge is -1.98. The van der Waals surface area contributed by atoms with Crippen LogP contribution >= 0.6 is 0 Å². The molecule has 0 aliphatic heterocycles. The van der Waals surface area contributed by atoms with Gasteiger partial charge in [-0.1, -0.05) is 12.1 Å². The van der Waals surface area contributed by atoms with Gasteiger partial charge in [-0.05, 0) is 12.1 Å². The van der Waals surface area contributed by atoms with E-state index < -0.39 is 0 Å². The van der Waals surface area contributed by atoms with Gasteiger partial charge in [0, 0.05) is 0 Å². The van der Waals surface area contributed by atoms with Gasteiger partial charge < -0.3 is 4.98 Å². The van der Waals surface area contributed by atoms with Crippen molar-refractivity contribution < 1.29 is 4.39 Å². The number of para-hydroxylation sites is 1. The van der Waals surface area contributed by atoms with Crippen LogP contribution in [0.25, 0.3) is 17.0 Å².